The van der Waals surface area contributed by atoms with E-state index in [2.05, 4.69) is 29.1 Å². The smallest absolute Gasteiger partial charge is 0.216 e. The normalized spacial score (nSPS) is 27.3. The topological polar surface area (TPSA) is 50.4 Å². The molecule has 0 radical (unpaired) electrons. The number of aryl methyl sites for hydroxylation is 1. The van der Waals surface area contributed by atoms with Crippen molar-refractivity contribution < 1.29 is 4.42 Å². The molecular weight excluding hydrogens is 222 g/mol. The van der Waals surface area contributed by atoms with Gasteiger partial charge in [-0.15, -0.1) is 0 Å². The first-order valence-corrected chi connectivity index (χ1v) is 6.46. The third kappa shape index (κ3) is 2.58. The second-order valence-corrected chi connectivity index (χ2v) is 5.28. The third-order valence-corrected chi connectivity index (χ3v) is 4.03. The number of oxazole rings is 1. The van der Waals surface area contributed by atoms with Gasteiger partial charge in [0.05, 0.1) is 6.20 Å². The molecule has 16 heavy (non-hydrogen) atoms. The van der Waals surface area contributed by atoms with Crippen molar-refractivity contribution in [2.24, 2.45) is 4.99 Å². The van der Waals surface area contributed by atoms with E-state index in [1.807, 2.05) is 6.92 Å². The predicted molar refractivity (Wildman–Crippen MR) is 66.7 cm³/mol. The van der Waals surface area contributed by atoms with Gasteiger partial charge in [0.25, 0.3) is 0 Å². The fraction of sp³-hybridized carbons (Fsp3) is 0.636. The van der Waals surface area contributed by atoms with E-state index < -0.39 is 0 Å². The van der Waals surface area contributed by atoms with Crippen LogP contribution in [0.15, 0.2) is 15.6 Å². The van der Waals surface area contributed by atoms with Gasteiger partial charge in [-0.1, -0.05) is 18.7 Å². The van der Waals surface area contributed by atoms with Crippen LogP contribution in [-0.2, 0) is 6.54 Å². The van der Waals surface area contributed by atoms with E-state index >= 15 is 0 Å². The summed E-state index contributed by atoms with van der Waals surface area (Å²) in [6.07, 6.45) is 2.83. The molecule has 1 aromatic rings. The van der Waals surface area contributed by atoms with E-state index in [1.165, 1.54) is 0 Å². The second-order valence-electron chi connectivity index (χ2n) is 4.31. The Hall–Kier alpha value is -0.970. The fourth-order valence-electron chi connectivity index (χ4n) is 1.45. The number of amidine groups is 1. The number of nitrogens with one attached hydrogen (secondary N) is 1. The summed E-state index contributed by atoms with van der Waals surface area (Å²) in [5.74, 6) is 2.59. The Morgan fingerprint density at radius 1 is 1.69 bits per heavy atom. The number of thioether (sulfide) groups is 1. The minimum absolute atomic E-state index is 0.190. The molecule has 0 bridgehead atoms. The Morgan fingerprint density at radius 3 is 3.06 bits per heavy atom. The maximum Gasteiger partial charge on any atom is 0.216 e. The van der Waals surface area contributed by atoms with Gasteiger partial charge < -0.3 is 9.73 Å². The maximum absolute atomic E-state index is 5.37. The molecular formula is C11H17N3OS. The molecule has 2 heterocycles. The number of hydrogen-bond donors (Lipinski definition) is 1. The highest BCUT2D eigenvalue weighted by molar-refractivity contribution is 8.14. The van der Waals surface area contributed by atoms with Crippen molar-refractivity contribution in [3.05, 3.63) is 17.8 Å². The number of aliphatic imine (C=N–C) groups is 1. The monoisotopic (exact) mass is 239 g/mol. The molecule has 1 aliphatic rings. The Balaban J connectivity index is 1.95. The molecule has 0 amide bonds. The van der Waals surface area contributed by atoms with Crippen molar-refractivity contribution in [3.63, 3.8) is 0 Å². The van der Waals surface area contributed by atoms with E-state index in [1.54, 1.807) is 18.0 Å². The largest absolute Gasteiger partial charge is 0.444 e. The van der Waals surface area contributed by atoms with E-state index in [0.29, 0.717) is 12.4 Å². The van der Waals surface area contributed by atoms with Crippen molar-refractivity contribution >= 4 is 16.9 Å². The minimum Gasteiger partial charge on any atom is -0.444 e. The number of aromatic nitrogens is 1. The summed E-state index contributed by atoms with van der Waals surface area (Å²) < 4.78 is 5.37. The van der Waals surface area contributed by atoms with Crippen molar-refractivity contribution in [2.45, 2.75) is 39.3 Å². The Labute approximate surface area is 99.9 Å². The standard InChI is InChI=1S/C11H17N3OS/c1-4-11(3)7-16-10(14-11)13-6-9-12-5-8(2)15-9/h5H,4,6-7H2,1-3H3,(H,13,14). The lowest BCUT2D eigenvalue weighted by Gasteiger charge is -2.20. The van der Waals surface area contributed by atoms with Crippen LogP contribution in [0.3, 0.4) is 0 Å². The first-order chi connectivity index (χ1) is 7.61. The van der Waals surface area contributed by atoms with E-state index in [-0.39, 0.29) is 5.54 Å². The highest BCUT2D eigenvalue weighted by atomic mass is 32.2. The van der Waals surface area contributed by atoms with Gasteiger partial charge in [-0.05, 0) is 20.3 Å². The number of nitrogens with zero attached hydrogens (tertiary/aromatic N) is 2. The molecule has 0 saturated carbocycles. The van der Waals surface area contributed by atoms with Crippen molar-refractivity contribution in [2.75, 3.05) is 5.75 Å². The Kier molecular flexibility index (Phi) is 3.23. The van der Waals surface area contributed by atoms with Crippen molar-refractivity contribution in [3.8, 4) is 0 Å². The molecule has 0 aliphatic carbocycles. The quantitative estimate of drug-likeness (QED) is 0.879. The van der Waals surface area contributed by atoms with Gasteiger partial charge in [0, 0.05) is 11.3 Å². The minimum atomic E-state index is 0.190. The summed E-state index contributed by atoms with van der Waals surface area (Å²) in [7, 11) is 0. The average molecular weight is 239 g/mol. The van der Waals surface area contributed by atoms with Crippen LogP contribution in [0, 0.1) is 6.92 Å². The average Bonchev–Trinajstić information content (AvgIpc) is 2.83. The number of hydrogen-bond acceptors (Lipinski definition) is 4. The van der Waals surface area contributed by atoms with Gasteiger partial charge in [-0.3, -0.25) is 4.99 Å². The molecule has 0 aromatic carbocycles. The van der Waals surface area contributed by atoms with E-state index in [4.69, 9.17) is 4.42 Å². The molecule has 88 valence electrons. The van der Waals surface area contributed by atoms with Gasteiger partial charge in [0.15, 0.2) is 5.17 Å². The molecule has 1 unspecified atom stereocenters. The van der Waals surface area contributed by atoms with Crippen LogP contribution in [0.5, 0.6) is 0 Å². The molecule has 2 rings (SSSR count). The number of rotatable bonds is 3. The molecule has 1 saturated heterocycles. The van der Waals surface area contributed by atoms with Gasteiger partial charge in [0.2, 0.25) is 5.89 Å². The highest BCUT2D eigenvalue weighted by Crippen LogP contribution is 2.25. The van der Waals surface area contributed by atoms with Crippen LogP contribution < -0.4 is 5.32 Å². The lowest BCUT2D eigenvalue weighted by molar-refractivity contribution is 0.461. The lowest BCUT2D eigenvalue weighted by atomic mass is 10.0. The molecule has 1 N–H and O–H groups in total. The van der Waals surface area contributed by atoms with Crippen molar-refractivity contribution in [1.82, 2.24) is 10.3 Å². The third-order valence-electron chi connectivity index (χ3n) is 2.74. The van der Waals surface area contributed by atoms with Crippen LogP contribution in [0.4, 0.5) is 0 Å². The fourth-order valence-corrected chi connectivity index (χ4v) is 2.65. The van der Waals surface area contributed by atoms with Crippen LogP contribution in [0.2, 0.25) is 0 Å². The zero-order valence-electron chi connectivity index (χ0n) is 9.91. The van der Waals surface area contributed by atoms with Crippen LogP contribution in [0.1, 0.15) is 31.9 Å². The summed E-state index contributed by atoms with van der Waals surface area (Å²) in [5, 5.41) is 4.44. The Morgan fingerprint density at radius 2 is 2.50 bits per heavy atom. The van der Waals surface area contributed by atoms with Crippen LogP contribution in [-0.4, -0.2) is 21.4 Å². The molecule has 5 heteroatoms. The first-order valence-electron chi connectivity index (χ1n) is 5.48. The second kappa shape index (κ2) is 4.49. The summed E-state index contributed by atoms with van der Waals surface area (Å²) in [6, 6.07) is 0. The van der Waals surface area contributed by atoms with E-state index in [9.17, 15) is 0 Å². The maximum atomic E-state index is 5.37. The SMILES string of the molecule is CCC1(C)CSC(=NCc2ncc(C)o2)N1. The molecule has 4 nitrogen and oxygen atoms in total. The molecule has 1 atom stereocenters. The summed E-state index contributed by atoms with van der Waals surface area (Å²) in [5.41, 5.74) is 0.190. The molecule has 0 spiro atoms. The van der Waals surface area contributed by atoms with Gasteiger partial charge in [0.1, 0.15) is 12.3 Å². The van der Waals surface area contributed by atoms with Crippen LogP contribution >= 0.6 is 11.8 Å². The van der Waals surface area contributed by atoms with Gasteiger partial charge in [-0.2, -0.15) is 0 Å². The molecule has 1 aromatic heterocycles. The van der Waals surface area contributed by atoms with Crippen molar-refractivity contribution in [1.29, 1.82) is 0 Å². The van der Waals surface area contributed by atoms with Crippen LogP contribution in [0.25, 0.3) is 0 Å². The molecule has 1 aliphatic heterocycles. The highest BCUT2D eigenvalue weighted by Gasteiger charge is 2.30. The summed E-state index contributed by atoms with van der Waals surface area (Å²) >= 11 is 1.77. The Bertz CT molecular complexity index is 402. The zero-order chi connectivity index (χ0) is 11.6. The lowest BCUT2D eigenvalue weighted by Crippen LogP contribution is -2.39. The van der Waals surface area contributed by atoms with Gasteiger partial charge in [-0.25, -0.2) is 4.98 Å². The summed E-state index contributed by atoms with van der Waals surface area (Å²) in [6.45, 7) is 6.81. The predicted octanol–water partition coefficient (Wildman–Crippen LogP) is 2.34. The zero-order valence-corrected chi connectivity index (χ0v) is 10.7. The first kappa shape index (κ1) is 11.5. The summed E-state index contributed by atoms with van der Waals surface area (Å²) in [4.78, 5) is 8.58. The van der Waals surface area contributed by atoms with E-state index in [0.717, 1.165) is 23.1 Å². The van der Waals surface area contributed by atoms with Gasteiger partial charge >= 0.3 is 0 Å². The molecule has 1 fully saturated rings.